The first-order valence-electron chi connectivity index (χ1n) is 8.42. The van der Waals surface area contributed by atoms with Gasteiger partial charge < -0.3 is 4.90 Å². The molecule has 2 aromatic carbocycles. The van der Waals surface area contributed by atoms with Crippen molar-refractivity contribution in [2.75, 3.05) is 11.9 Å². The predicted molar refractivity (Wildman–Crippen MR) is 106 cm³/mol. The number of rotatable bonds is 2. The second-order valence-corrected chi connectivity index (χ2v) is 7.41. The second-order valence-electron chi connectivity index (χ2n) is 6.35. The first-order chi connectivity index (χ1) is 12.1. The van der Waals surface area contributed by atoms with Crippen molar-refractivity contribution in [3.63, 3.8) is 0 Å². The second kappa shape index (κ2) is 6.41. The normalized spacial score (nSPS) is 14.8. The van der Waals surface area contributed by atoms with E-state index in [0.29, 0.717) is 0 Å². The molecule has 0 aliphatic carbocycles. The van der Waals surface area contributed by atoms with Gasteiger partial charge in [-0.3, -0.25) is 0 Å². The molecular weight excluding hydrogens is 324 g/mol. The first kappa shape index (κ1) is 16.0. The molecule has 0 radical (unpaired) electrons. The summed E-state index contributed by atoms with van der Waals surface area (Å²) >= 11 is 1.83. The Hall–Kier alpha value is -2.52. The molecule has 2 nitrogen and oxygen atoms in total. The largest absolute Gasteiger partial charge is 0.338 e. The molecule has 0 atom stereocenters. The number of pyridine rings is 1. The summed E-state index contributed by atoms with van der Waals surface area (Å²) in [4.78, 5) is 3.59. The number of anilines is 1. The summed E-state index contributed by atoms with van der Waals surface area (Å²) in [6.07, 6.45) is 2.28. The molecule has 1 aliphatic heterocycles. The fourth-order valence-electron chi connectivity index (χ4n) is 3.18. The van der Waals surface area contributed by atoms with E-state index in [9.17, 15) is 0 Å². The van der Waals surface area contributed by atoms with Crippen LogP contribution in [-0.2, 0) is 7.05 Å². The maximum Gasteiger partial charge on any atom is 0.213 e. The van der Waals surface area contributed by atoms with Crippen LogP contribution in [0, 0.1) is 6.92 Å². The lowest BCUT2D eigenvalue weighted by molar-refractivity contribution is -0.666. The van der Waals surface area contributed by atoms with Crippen molar-refractivity contribution in [3.05, 3.63) is 83.0 Å². The van der Waals surface area contributed by atoms with Gasteiger partial charge in [-0.2, -0.15) is 4.57 Å². The highest BCUT2D eigenvalue weighted by Crippen LogP contribution is 2.45. The number of para-hydroxylation sites is 1. The molecule has 0 saturated carbocycles. The Bertz CT molecular complexity index is 961. The summed E-state index contributed by atoms with van der Waals surface area (Å²) in [5.74, 6) is 0. The zero-order chi connectivity index (χ0) is 17.4. The van der Waals surface area contributed by atoms with Crippen molar-refractivity contribution in [3.8, 4) is 11.3 Å². The molecule has 25 heavy (non-hydrogen) atoms. The van der Waals surface area contributed by atoms with Gasteiger partial charge >= 0.3 is 0 Å². The molecule has 0 N–H and O–H groups in total. The summed E-state index contributed by atoms with van der Waals surface area (Å²) in [7, 11) is 4.26. The van der Waals surface area contributed by atoms with Crippen molar-refractivity contribution >= 4 is 23.5 Å². The van der Waals surface area contributed by atoms with Gasteiger partial charge in [0.2, 0.25) is 5.69 Å². The summed E-state index contributed by atoms with van der Waals surface area (Å²) in [6.45, 7) is 2.16. The summed E-state index contributed by atoms with van der Waals surface area (Å²) in [6, 6.07) is 23.6. The van der Waals surface area contributed by atoms with Gasteiger partial charge in [0.05, 0.1) is 10.7 Å². The van der Waals surface area contributed by atoms with E-state index in [-0.39, 0.29) is 0 Å². The molecule has 2 heterocycles. The number of hydrogen-bond donors (Lipinski definition) is 0. The maximum atomic E-state index is 2.28. The Morgan fingerprint density at radius 2 is 1.68 bits per heavy atom. The van der Waals surface area contributed by atoms with Crippen molar-refractivity contribution in [2.24, 2.45) is 7.05 Å². The summed E-state index contributed by atoms with van der Waals surface area (Å²) < 4.78 is 2.25. The number of fused-ring (bicyclic) bond motifs is 1. The van der Waals surface area contributed by atoms with E-state index < -0.39 is 0 Å². The lowest BCUT2D eigenvalue weighted by Crippen LogP contribution is -2.34. The quantitative estimate of drug-likeness (QED) is 0.602. The third-order valence-corrected chi connectivity index (χ3v) is 5.87. The monoisotopic (exact) mass is 345 g/mol. The van der Waals surface area contributed by atoms with E-state index >= 15 is 0 Å². The van der Waals surface area contributed by atoms with Crippen LogP contribution in [0.3, 0.4) is 0 Å². The number of thioether (sulfide) groups is 1. The van der Waals surface area contributed by atoms with Gasteiger partial charge in [-0.05, 0) is 35.9 Å². The van der Waals surface area contributed by atoms with Crippen LogP contribution in [0.15, 0.2) is 76.7 Å². The summed E-state index contributed by atoms with van der Waals surface area (Å²) in [5, 5.41) is 1.26. The zero-order valence-corrected chi connectivity index (χ0v) is 15.5. The van der Waals surface area contributed by atoms with Crippen molar-refractivity contribution in [2.45, 2.75) is 11.8 Å². The van der Waals surface area contributed by atoms with Crippen molar-refractivity contribution in [1.29, 1.82) is 0 Å². The number of aromatic nitrogens is 1. The third kappa shape index (κ3) is 2.96. The van der Waals surface area contributed by atoms with Gasteiger partial charge in [0.1, 0.15) is 7.05 Å². The Morgan fingerprint density at radius 3 is 2.44 bits per heavy atom. The van der Waals surface area contributed by atoms with E-state index in [4.69, 9.17) is 0 Å². The van der Waals surface area contributed by atoms with Crippen molar-refractivity contribution < 1.29 is 4.57 Å². The van der Waals surface area contributed by atoms with Crippen LogP contribution in [0.5, 0.6) is 0 Å². The number of benzene rings is 2. The molecule has 4 rings (SSSR count). The Kier molecular flexibility index (Phi) is 4.10. The molecule has 0 saturated heterocycles. The highest BCUT2D eigenvalue weighted by Gasteiger charge is 2.22. The molecule has 0 amide bonds. The van der Waals surface area contributed by atoms with Gasteiger partial charge in [0, 0.05) is 36.6 Å². The predicted octanol–water partition coefficient (Wildman–Crippen LogP) is 5.03. The van der Waals surface area contributed by atoms with Crippen LogP contribution < -0.4 is 9.47 Å². The maximum absolute atomic E-state index is 2.28. The fourth-order valence-corrected chi connectivity index (χ4v) is 4.29. The van der Waals surface area contributed by atoms with E-state index in [0.717, 1.165) is 0 Å². The molecule has 0 bridgehead atoms. The minimum absolute atomic E-state index is 1.23. The number of hydrogen-bond acceptors (Lipinski definition) is 2. The van der Waals surface area contributed by atoms with Crippen LogP contribution in [0.1, 0.15) is 11.3 Å². The fraction of sp³-hybridized carbons (Fsp3) is 0.136. The van der Waals surface area contributed by atoms with E-state index in [1.165, 1.54) is 38.1 Å². The lowest BCUT2D eigenvalue weighted by Gasteiger charge is -2.13. The molecule has 1 aromatic heterocycles. The molecule has 1 aliphatic rings. The van der Waals surface area contributed by atoms with Gasteiger partial charge in [0.25, 0.3) is 0 Å². The van der Waals surface area contributed by atoms with E-state index in [2.05, 4.69) is 103 Å². The molecule has 0 spiro atoms. The Morgan fingerprint density at radius 1 is 0.960 bits per heavy atom. The Balaban J connectivity index is 1.77. The van der Waals surface area contributed by atoms with Gasteiger partial charge in [-0.25, -0.2) is 0 Å². The molecule has 3 heteroatoms. The minimum atomic E-state index is 1.23. The number of aryl methyl sites for hydroxylation is 1. The third-order valence-electron chi connectivity index (χ3n) is 4.70. The molecule has 3 aromatic rings. The first-order valence-corrected chi connectivity index (χ1v) is 9.23. The summed E-state index contributed by atoms with van der Waals surface area (Å²) in [5.41, 5.74) is 6.23. The minimum Gasteiger partial charge on any atom is -0.338 e. The SMILES string of the molecule is Cc1cc(/C=C2/Sc3ccccc3N2C)cc(-c2ccccc2)[n+]1C. The van der Waals surface area contributed by atoms with Crippen LogP contribution in [0.25, 0.3) is 17.3 Å². The molecule has 0 unspecified atom stereocenters. The van der Waals surface area contributed by atoms with Crippen LogP contribution in [0.4, 0.5) is 5.69 Å². The molecule has 0 fully saturated rings. The number of nitrogens with zero attached hydrogens (tertiary/aromatic N) is 2. The molecular formula is C22H21N2S+. The van der Waals surface area contributed by atoms with Gasteiger partial charge in [0.15, 0.2) is 5.69 Å². The van der Waals surface area contributed by atoms with E-state index in [1.807, 2.05) is 11.8 Å². The average molecular weight is 345 g/mol. The van der Waals surface area contributed by atoms with Gasteiger partial charge in [-0.15, -0.1) is 0 Å². The van der Waals surface area contributed by atoms with Gasteiger partial charge in [-0.1, -0.05) is 42.1 Å². The smallest absolute Gasteiger partial charge is 0.213 e. The van der Waals surface area contributed by atoms with Crippen LogP contribution >= 0.6 is 11.8 Å². The lowest BCUT2D eigenvalue weighted by atomic mass is 10.1. The standard InChI is InChI=1S/C22H21N2S/c1-16-13-17(14-20(23(16)2)18-9-5-4-6-10-18)15-22-24(3)19-11-7-8-12-21(19)25-22/h4-15H,1-3H3/q+1. The Labute approximate surface area is 153 Å². The highest BCUT2D eigenvalue weighted by molar-refractivity contribution is 8.03. The topological polar surface area (TPSA) is 7.12 Å². The van der Waals surface area contributed by atoms with Crippen LogP contribution in [-0.4, -0.2) is 7.05 Å². The highest BCUT2D eigenvalue weighted by atomic mass is 32.2. The average Bonchev–Trinajstić information content (AvgIpc) is 2.95. The zero-order valence-electron chi connectivity index (χ0n) is 14.7. The molecule has 124 valence electrons. The van der Waals surface area contributed by atoms with Crippen molar-refractivity contribution in [1.82, 2.24) is 0 Å². The van der Waals surface area contributed by atoms with E-state index in [1.54, 1.807) is 0 Å². The van der Waals surface area contributed by atoms with Crippen LogP contribution in [0.2, 0.25) is 0 Å².